The second-order valence-corrected chi connectivity index (χ2v) is 20.6. The molecular weight excluding hydrogens is 831 g/mol. The first kappa shape index (κ1) is 43.1. The fraction of sp³-hybridized carbons (Fsp3) is 0.203. The number of hydrogen-bond acceptors (Lipinski definition) is 4. The summed E-state index contributed by atoms with van der Waals surface area (Å²) in [5, 5.41) is 4.97. The summed E-state index contributed by atoms with van der Waals surface area (Å²) in [6.07, 6.45) is 10.5. The van der Waals surface area contributed by atoms with Crippen LogP contribution in [0.4, 0.5) is 22.7 Å². The number of likely N-dealkylation sites (N-methyl/N-ethyl adjacent to an activating group) is 1. The molecule has 1 unspecified atom stereocenters. The molecule has 0 fully saturated rings. The van der Waals surface area contributed by atoms with Gasteiger partial charge in [0.25, 0.3) is 10.1 Å². The highest BCUT2D eigenvalue weighted by atomic mass is 32.2. The van der Waals surface area contributed by atoms with Crippen LogP contribution in [0.15, 0.2) is 203 Å². The Morgan fingerprint density at radius 2 is 1.27 bits per heavy atom. The average Bonchev–Trinajstić information content (AvgIpc) is 3.64. The van der Waals surface area contributed by atoms with Crippen molar-refractivity contribution in [2.45, 2.75) is 69.1 Å². The molecule has 7 aromatic carbocycles. The van der Waals surface area contributed by atoms with Gasteiger partial charge in [0.2, 0.25) is 5.69 Å². The molecule has 0 radical (unpaired) electrons. The van der Waals surface area contributed by atoms with Crippen LogP contribution in [0.3, 0.4) is 0 Å². The molecule has 1 atom stereocenters. The molecule has 2 aliphatic heterocycles. The molecule has 0 amide bonds. The van der Waals surface area contributed by atoms with E-state index in [0.717, 1.165) is 39.3 Å². The van der Waals surface area contributed by atoms with E-state index in [2.05, 4.69) is 214 Å². The van der Waals surface area contributed by atoms with Gasteiger partial charge in [-0.1, -0.05) is 123 Å². The number of anilines is 3. The Hall–Kier alpha value is -6.80. The topological polar surface area (TPSA) is 63.9 Å². The Bertz CT molecular complexity index is 3340. The fourth-order valence-corrected chi connectivity index (χ4v) is 11.8. The van der Waals surface area contributed by atoms with Crippen LogP contribution in [0.25, 0.3) is 21.5 Å². The number of nitrogens with zero attached hydrogens (tertiary/aromatic N) is 3. The second kappa shape index (κ2) is 16.3. The van der Waals surface area contributed by atoms with E-state index in [1.54, 1.807) is 6.07 Å². The predicted octanol–water partition coefficient (Wildman–Crippen LogP) is 14.0. The molecule has 1 aliphatic carbocycles. The lowest BCUT2D eigenvalue weighted by Gasteiger charge is -2.37. The van der Waals surface area contributed by atoms with Crippen LogP contribution in [0.5, 0.6) is 0 Å². The van der Waals surface area contributed by atoms with Gasteiger partial charge in [0, 0.05) is 52.9 Å². The summed E-state index contributed by atoms with van der Waals surface area (Å²) < 4.78 is 38.1. The second-order valence-electron chi connectivity index (χ2n) is 19.2. The standard InChI is InChI=1S/C59H55N3O3S/c1-39-26-31-47(66(63,64)65)38-50(39)44-36-42(29-34-53-58(2,3)55-48-24-16-14-18-40(48)27-32-51(55)60(53)6)57(62(45-20-10-8-11-21-45)46-22-12-9-13-23-46)43(37-44)30-35-54-59(4,5)56-49-25-17-15-19-41(49)28-33-52(56)61(54)7/h8-35,38,44H,36-37H2,1-7H3/p+1. The van der Waals surface area contributed by atoms with E-state index in [1.807, 2.05) is 13.0 Å². The first-order valence-corrected chi connectivity index (χ1v) is 24.3. The summed E-state index contributed by atoms with van der Waals surface area (Å²) >= 11 is 0. The van der Waals surface area contributed by atoms with E-state index >= 15 is 0 Å². The number of allylic oxidation sites excluding steroid dienone is 7. The molecule has 1 N–H and O–H groups in total. The van der Waals surface area contributed by atoms with Gasteiger partial charge in [0.05, 0.1) is 16.0 Å². The van der Waals surface area contributed by atoms with Crippen LogP contribution in [0.2, 0.25) is 0 Å². The van der Waals surface area contributed by atoms with Gasteiger partial charge in [-0.05, 0) is 144 Å². The largest absolute Gasteiger partial charge is 0.347 e. The monoisotopic (exact) mass is 886 g/mol. The maximum atomic E-state index is 12.7. The van der Waals surface area contributed by atoms with Crippen LogP contribution in [-0.4, -0.2) is 37.4 Å². The average molecular weight is 887 g/mol. The van der Waals surface area contributed by atoms with Crippen LogP contribution < -0.4 is 9.80 Å². The van der Waals surface area contributed by atoms with E-state index in [9.17, 15) is 13.0 Å². The van der Waals surface area contributed by atoms with E-state index in [0.29, 0.717) is 12.8 Å². The molecule has 2 heterocycles. The number of aryl methyl sites for hydroxylation is 1. The van der Waals surface area contributed by atoms with Crippen molar-refractivity contribution in [3.05, 3.63) is 221 Å². The smallest absolute Gasteiger partial charge is 0.294 e. The molecule has 6 nitrogen and oxygen atoms in total. The molecule has 10 rings (SSSR count). The lowest BCUT2D eigenvalue weighted by Crippen LogP contribution is -2.27. The maximum Gasteiger partial charge on any atom is 0.294 e. The number of fused-ring (bicyclic) bond motifs is 6. The highest BCUT2D eigenvalue weighted by Crippen LogP contribution is 2.52. The fourth-order valence-electron chi connectivity index (χ4n) is 11.3. The Morgan fingerprint density at radius 3 is 1.91 bits per heavy atom. The zero-order valence-corrected chi connectivity index (χ0v) is 39.6. The quantitative estimate of drug-likeness (QED) is 0.122. The first-order valence-electron chi connectivity index (χ1n) is 22.8. The van der Waals surface area contributed by atoms with Crippen LogP contribution in [0, 0.1) is 6.92 Å². The summed E-state index contributed by atoms with van der Waals surface area (Å²) in [6.45, 7) is 11.3. The molecule has 0 saturated carbocycles. The molecule has 0 saturated heterocycles. The number of hydrogen-bond donors (Lipinski definition) is 1. The molecule has 7 aromatic rings. The summed E-state index contributed by atoms with van der Waals surface area (Å²) in [7, 11) is -0.100. The van der Waals surface area contributed by atoms with Crippen molar-refractivity contribution in [1.82, 2.24) is 0 Å². The van der Waals surface area contributed by atoms with Gasteiger partial charge in [0.15, 0.2) is 5.71 Å². The highest BCUT2D eigenvalue weighted by molar-refractivity contribution is 7.85. The van der Waals surface area contributed by atoms with E-state index in [4.69, 9.17) is 0 Å². The minimum absolute atomic E-state index is 0.0907. The van der Waals surface area contributed by atoms with E-state index < -0.39 is 10.1 Å². The van der Waals surface area contributed by atoms with E-state index in [1.165, 1.54) is 61.5 Å². The number of rotatable bonds is 8. The van der Waals surface area contributed by atoms with Crippen molar-refractivity contribution in [3.8, 4) is 0 Å². The van der Waals surface area contributed by atoms with Crippen molar-refractivity contribution in [1.29, 1.82) is 0 Å². The Morgan fingerprint density at radius 1 is 0.682 bits per heavy atom. The van der Waals surface area contributed by atoms with Crippen molar-refractivity contribution < 1.29 is 17.5 Å². The lowest BCUT2D eigenvalue weighted by molar-refractivity contribution is -0.401. The molecule has 0 bridgehead atoms. The minimum Gasteiger partial charge on any atom is -0.347 e. The molecule has 330 valence electrons. The molecule has 3 aliphatic rings. The van der Waals surface area contributed by atoms with Crippen LogP contribution >= 0.6 is 0 Å². The van der Waals surface area contributed by atoms with Crippen LogP contribution in [0.1, 0.15) is 68.7 Å². The van der Waals surface area contributed by atoms with E-state index in [-0.39, 0.29) is 21.6 Å². The maximum absolute atomic E-state index is 12.7. The molecule has 66 heavy (non-hydrogen) atoms. The number of benzene rings is 7. The third kappa shape index (κ3) is 7.22. The van der Waals surface area contributed by atoms with Gasteiger partial charge >= 0.3 is 0 Å². The third-order valence-electron chi connectivity index (χ3n) is 14.5. The van der Waals surface area contributed by atoms with Gasteiger partial charge in [-0.25, -0.2) is 0 Å². The number of para-hydroxylation sites is 2. The van der Waals surface area contributed by atoms with Crippen molar-refractivity contribution in [3.63, 3.8) is 0 Å². The summed E-state index contributed by atoms with van der Waals surface area (Å²) in [5.74, 6) is -0.107. The molecule has 0 spiro atoms. The predicted molar refractivity (Wildman–Crippen MR) is 274 cm³/mol. The van der Waals surface area contributed by atoms with Crippen molar-refractivity contribution >= 4 is 60.1 Å². The summed E-state index contributed by atoms with van der Waals surface area (Å²) in [4.78, 5) is 4.64. The summed E-state index contributed by atoms with van der Waals surface area (Å²) in [6, 6.07) is 52.4. The third-order valence-corrected chi connectivity index (χ3v) is 15.3. The Kier molecular flexibility index (Phi) is 10.6. The SMILES string of the molecule is Cc1ccc(S(=O)(=O)O)cc1C1CC(/C=C/C2=[N+](C)c3ccc4ccccc4c3C2(C)C)=C(N(c2ccccc2)c2ccccc2)C(=C/C=C2/N(C)c3ccc4ccccc4c3C2(C)C)/C1. The lowest BCUT2D eigenvalue weighted by atomic mass is 9.76. The molecule has 0 aromatic heterocycles. The zero-order chi connectivity index (χ0) is 46.1. The highest BCUT2D eigenvalue weighted by Gasteiger charge is 2.45. The summed E-state index contributed by atoms with van der Waals surface area (Å²) in [5.41, 5.74) is 14.1. The van der Waals surface area contributed by atoms with Gasteiger partial charge in [-0.15, -0.1) is 0 Å². The van der Waals surface area contributed by atoms with Crippen LogP contribution in [-0.2, 0) is 20.9 Å². The molecular formula is C59H56N3O3S+. The molecule has 7 heteroatoms. The normalized spacial score (nSPS) is 19.2. The van der Waals surface area contributed by atoms with Crippen molar-refractivity contribution in [2.24, 2.45) is 0 Å². The Labute approximate surface area is 389 Å². The zero-order valence-electron chi connectivity index (χ0n) is 38.7. The van der Waals surface area contributed by atoms with Crippen molar-refractivity contribution in [2.75, 3.05) is 23.9 Å². The first-order chi connectivity index (χ1) is 31.6. The Balaban J connectivity index is 1.22. The minimum atomic E-state index is -4.44. The van der Waals surface area contributed by atoms with Gasteiger partial charge in [-0.2, -0.15) is 13.0 Å². The van der Waals surface area contributed by atoms with Gasteiger partial charge in [0.1, 0.15) is 7.05 Å². The van der Waals surface area contributed by atoms with Gasteiger partial charge in [-0.3, -0.25) is 4.55 Å². The van der Waals surface area contributed by atoms with Gasteiger partial charge < -0.3 is 9.80 Å².